The van der Waals surface area contributed by atoms with Gasteiger partial charge >= 0.3 is 0 Å². The third-order valence-corrected chi connectivity index (χ3v) is 6.49. The summed E-state index contributed by atoms with van der Waals surface area (Å²) < 4.78 is 5.85. The Bertz CT molecular complexity index is 944. The highest BCUT2D eigenvalue weighted by atomic mass is 16.4. The van der Waals surface area contributed by atoms with E-state index in [0.29, 0.717) is 43.8 Å². The highest BCUT2D eigenvalue weighted by Crippen LogP contribution is 2.36. The second-order valence-electron chi connectivity index (χ2n) is 8.12. The third-order valence-electron chi connectivity index (χ3n) is 6.49. The third kappa shape index (κ3) is 3.92. The Morgan fingerprint density at radius 3 is 2.61 bits per heavy atom. The topological polar surface area (TPSA) is 81.9 Å². The number of nitrogens with zero attached hydrogens (tertiary/aromatic N) is 4. The van der Waals surface area contributed by atoms with Crippen molar-refractivity contribution in [1.82, 2.24) is 20.1 Å². The summed E-state index contributed by atoms with van der Waals surface area (Å²) in [4.78, 5) is 36.5. The van der Waals surface area contributed by atoms with Gasteiger partial charge in [-0.15, -0.1) is 0 Å². The monoisotopic (exact) mass is 425 g/mol. The molecule has 2 aliphatic rings. The zero-order valence-corrected chi connectivity index (χ0v) is 18.6. The van der Waals surface area contributed by atoms with E-state index >= 15 is 0 Å². The van der Waals surface area contributed by atoms with Gasteiger partial charge < -0.3 is 19.5 Å². The zero-order chi connectivity index (χ0) is 22.0. The van der Waals surface area contributed by atoms with Crippen LogP contribution in [0.3, 0.4) is 0 Å². The van der Waals surface area contributed by atoms with Crippen LogP contribution in [0.2, 0.25) is 0 Å². The number of carbonyl (C=O) groups excluding carboxylic acids is 2. The van der Waals surface area contributed by atoms with Gasteiger partial charge in [-0.1, -0.05) is 13.8 Å². The van der Waals surface area contributed by atoms with E-state index < -0.39 is 5.66 Å². The van der Waals surface area contributed by atoms with Crippen molar-refractivity contribution < 1.29 is 14.0 Å². The Balaban J connectivity index is 1.46. The molecule has 0 bridgehead atoms. The standard InChI is InChI=1S/C23H31N5O3/c1-4-26(5-2)16-17-9-10-19(31-17)22(30)27-14-11-23(12-15-27)25-21(29)18-8-7-13-24-20(18)28(23)6-3/h7-10,13H,4-6,11-12,14-16H2,1-3H3,(H,25,29). The summed E-state index contributed by atoms with van der Waals surface area (Å²) in [5.41, 5.74) is 0.0888. The SMILES string of the molecule is CCN(CC)Cc1ccc(C(=O)N2CCC3(CC2)NC(=O)c2cccnc2N3CC)o1. The molecular weight excluding hydrogens is 394 g/mol. The van der Waals surface area contributed by atoms with Crippen molar-refractivity contribution in [3.05, 3.63) is 47.5 Å². The molecular formula is C23H31N5O3. The zero-order valence-electron chi connectivity index (χ0n) is 18.6. The highest BCUT2D eigenvalue weighted by molar-refractivity contribution is 6.01. The summed E-state index contributed by atoms with van der Waals surface area (Å²) >= 11 is 0. The molecule has 2 aromatic heterocycles. The van der Waals surface area contributed by atoms with E-state index in [2.05, 4.69) is 40.9 Å². The van der Waals surface area contributed by atoms with Gasteiger partial charge in [0.05, 0.1) is 12.1 Å². The summed E-state index contributed by atoms with van der Waals surface area (Å²) in [6.45, 7) is 10.7. The minimum absolute atomic E-state index is 0.0932. The lowest BCUT2D eigenvalue weighted by Crippen LogP contribution is -2.68. The number of carbonyl (C=O) groups is 2. The van der Waals surface area contributed by atoms with Crippen LogP contribution in [0.4, 0.5) is 5.82 Å². The van der Waals surface area contributed by atoms with E-state index in [0.717, 1.165) is 31.2 Å². The maximum absolute atomic E-state index is 13.0. The minimum Gasteiger partial charge on any atom is -0.455 e. The fourth-order valence-electron chi connectivity index (χ4n) is 4.67. The summed E-state index contributed by atoms with van der Waals surface area (Å²) in [5, 5.41) is 3.21. The maximum atomic E-state index is 13.0. The summed E-state index contributed by atoms with van der Waals surface area (Å²) in [5.74, 6) is 1.72. The molecule has 1 saturated heterocycles. The van der Waals surface area contributed by atoms with Crippen LogP contribution < -0.4 is 10.2 Å². The smallest absolute Gasteiger partial charge is 0.289 e. The van der Waals surface area contributed by atoms with Gasteiger partial charge in [0.2, 0.25) is 0 Å². The number of pyridine rings is 1. The number of amides is 2. The molecule has 1 fully saturated rings. The molecule has 0 atom stereocenters. The number of likely N-dealkylation sites (tertiary alicyclic amines) is 1. The molecule has 1 N–H and O–H groups in total. The van der Waals surface area contributed by atoms with Crippen molar-refractivity contribution in [1.29, 1.82) is 0 Å². The van der Waals surface area contributed by atoms with E-state index in [9.17, 15) is 9.59 Å². The fraction of sp³-hybridized carbons (Fsp3) is 0.522. The van der Waals surface area contributed by atoms with E-state index in [1.165, 1.54) is 0 Å². The molecule has 0 radical (unpaired) electrons. The van der Waals surface area contributed by atoms with Crippen molar-refractivity contribution >= 4 is 17.6 Å². The molecule has 2 aliphatic heterocycles. The van der Waals surface area contributed by atoms with Gasteiger partial charge in [-0.2, -0.15) is 0 Å². The van der Waals surface area contributed by atoms with Crippen molar-refractivity contribution in [2.45, 2.75) is 45.8 Å². The van der Waals surface area contributed by atoms with Crippen LogP contribution in [-0.2, 0) is 6.54 Å². The summed E-state index contributed by atoms with van der Waals surface area (Å²) in [6, 6.07) is 7.24. The van der Waals surface area contributed by atoms with Gasteiger partial charge in [0.1, 0.15) is 17.2 Å². The largest absolute Gasteiger partial charge is 0.455 e. The van der Waals surface area contributed by atoms with Crippen LogP contribution in [-0.4, -0.2) is 65.0 Å². The number of aromatic nitrogens is 1. The Kier molecular flexibility index (Phi) is 6.00. The molecule has 0 unspecified atom stereocenters. The Morgan fingerprint density at radius 2 is 1.94 bits per heavy atom. The normalized spacial score (nSPS) is 17.7. The molecule has 2 amide bonds. The number of hydrogen-bond acceptors (Lipinski definition) is 6. The number of nitrogens with one attached hydrogen (secondary N) is 1. The average Bonchev–Trinajstić information content (AvgIpc) is 3.26. The molecule has 0 saturated carbocycles. The Morgan fingerprint density at radius 1 is 1.19 bits per heavy atom. The van der Waals surface area contributed by atoms with E-state index in [4.69, 9.17) is 4.42 Å². The Labute approximate surface area is 183 Å². The molecule has 2 aromatic rings. The molecule has 1 spiro atoms. The molecule has 4 heterocycles. The predicted octanol–water partition coefficient (Wildman–Crippen LogP) is 2.72. The van der Waals surface area contributed by atoms with E-state index in [-0.39, 0.29) is 11.8 Å². The van der Waals surface area contributed by atoms with Crippen molar-refractivity contribution in [2.24, 2.45) is 0 Å². The molecule has 8 heteroatoms. The molecule has 8 nitrogen and oxygen atoms in total. The van der Waals surface area contributed by atoms with Gasteiger partial charge in [0, 0.05) is 38.7 Å². The molecule has 31 heavy (non-hydrogen) atoms. The first kappa shape index (κ1) is 21.4. The average molecular weight is 426 g/mol. The molecule has 0 aliphatic carbocycles. The van der Waals surface area contributed by atoms with Crippen LogP contribution in [0.25, 0.3) is 0 Å². The lowest BCUT2D eigenvalue weighted by atomic mass is 9.91. The number of furan rings is 1. The number of hydrogen-bond donors (Lipinski definition) is 1. The van der Waals surface area contributed by atoms with Crippen LogP contribution in [0.5, 0.6) is 0 Å². The number of anilines is 1. The first-order valence-corrected chi connectivity index (χ1v) is 11.2. The van der Waals surface area contributed by atoms with Crippen LogP contribution in [0.1, 0.15) is 60.3 Å². The number of fused-ring (bicyclic) bond motifs is 1. The molecule has 0 aromatic carbocycles. The fourth-order valence-corrected chi connectivity index (χ4v) is 4.67. The Hall–Kier alpha value is -2.87. The predicted molar refractivity (Wildman–Crippen MR) is 118 cm³/mol. The second kappa shape index (κ2) is 8.70. The van der Waals surface area contributed by atoms with Gasteiger partial charge in [-0.25, -0.2) is 4.98 Å². The van der Waals surface area contributed by atoms with Crippen LogP contribution in [0, 0.1) is 0 Å². The van der Waals surface area contributed by atoms with Crippen molar-refractivity contribution in [2.75, 3.05) is 37.6 Å². The lowest BCUT2D eigenvalue weighted by Gasteiger charge is -2.51. The highest BCUT2D eigenvalue weighted by Gasteiger charge is 2.46. The van der Waals surface area contributed by atoms with Crippen molar-refractivity contribution in [3.63, 3.8) is 0 Å². The summed E-state index contributed by atoms with van der Waals surface area (Å²) in [6.07, 6.45) is 3.00. The summed E-state index contributed by atoms with van der Waals surface area (Å²) in [7, 11) is 0. The van der Waals surface area contributed by atoms with Gasteiger partial charge in [0.15, 0.2) is 5.76 Å². The first-order chi connectivity index (χ1) is 15.0. The second-order valence-corrected chi connectivity index (χ2v) is 8.12. The lowest BCUT2D eigenvalue weighted by molar-refractivity contribution is 0.0573. The molecule has 4 rings (SSSR count). The van der Waals surface area contributed by atoms with Crippen LogP contribution >= 0.6 is 0 Å². The number of rotatable bonds is 6. The van der Waals surface area contributed by atoms with Crippen molar-refractivity contribution in [3.8, 4) is 0 Å². The first-order valence-electron chi connectivity index (χ1n) is 11.2. The minimum atomic E-state index is -0.513. The molecule has 166 valence electrons. The van der Waals surface area contributed by atoms with Gasteiger partial charge in [-0.05, 0) is 44.3 Å². The number of piperidine rings is 1. The van der Waals surface area contributed by atoms with E-state index in [1.807, 2.05) is 11.0 Å². The quantitative estimate of drug-likeness (QED) is 0.766. The maximum Gasteiger partial charge on any atom is 0.289 e. The van der Waals surface area contributed by atoms with Crippen LogP contribution in [0.15, 0.2) is 34.9 Å². The van der Waals surface area contributed by atoms with Gasteiger partial charge in [0.25, 0.3) is 11.8 Å². The van der Waals surface area contributed by atoms with E-state index in [1.54, 1.807) is 24.4 Å². The van der Waals surface area contributed by atoms with Gasteiger partial charge in [-0.3, -0.25) is 14.5 Å².